The van der Waals surface area contributed by atoms with Gasteiger partial charge >= 0.3 is 0 Å². The Morgan fingerprint density at radius 3 is 2.70 bits per heavy atom. The van der Waals surface area contributed by atoms with Crippen molar-refractivity contribution >= 4 is 5.69 Å². The number of anilines is 1. The minimum Gasteiger partial charge on any atom is -0.497 e. The molecule has 1 heterocycles. The van der Waals surface area contributed by atoms with E-state index in [0.717, 1.165) is 23.8 Å². The van der Waals surface area contributed by atoms with Crippen molar-refractivity contribution in [3.8, 4) is 5.75 Å². The van der Waals surface area contributed by atoms with Crippen LogP contribution in [0.15, 0.2) is 42.5 Å². The molecule has 2 aromatic rings. The smallest absolute Gasteiger partial charge is 0.149 e. The van der Waals surface area contributed by atoms with Crippen LogP contribution in [0, 0.1) is 11.6 Å². The van der Waals surface area contributed by atoms with Crippen molar-refractivity contribution in [1.29, 1.82) is 0 Å². The topological polar surface area (TPSA) is 38.5 Å². The largest absolute Gasteiger partial charge is 0.497 e. The molecule has 0 bridgehead atoms. The molecular weight excluding hydrogens is 298 g/mol. The Balaban J connectivity index is 1.86. The third kappa shape index (κ3) is 3.45. The number of nitrogens with zero attached hydrogens (tertiary/aromatic N) is 1. The molecule has 3 rings (SSSR count). The third-order valence-electron chi connectivity index (χ3n) is 4.30. The molecule has 0 radical (unpaired) electrons. The first-order chi connectivity index (χ1) is 11.1. The van der Waals surface area contributed by atoms with Gasteiger partial charge in [-0.3, -0.25) is 0 Å². The zero-order valence-corrected chi connectivity index (χ0v) is 13.0. The van der Waals surface area contributed by atoms with Gasteiger partial charge in [0, 0.05) is 31.1 Å². The molecular formula is C18H20F2N2O. The van der Waals surface area contributed by atoms with Gasteiger partial charge in [0.25, 0.3) is 0 Å². The molecule has 2 N–H and O–H groups in total. The van der Waals surface area contributed by atoms with E-state index in [1.807, 2.05) is 29.2 Å². The molecule has 0 aliphatic carbocycles. The lowest BCUT2D eigenvalue weighted by molar-refractivity contribution is 0.411. The number of methoxy groups -OCH3 is 1. The van der Waals surface area contributed by atoms with E-state index in [9.17, 15) is 8.78 Å². The standard InChI is InChI=1S/C18H20F2N2O/c1-23-16-4-2-3-12(8-16)13-7-15(21)11-22(10-13)18-6-5-14(19)9-17(18)20/h2-6,8-9,13,15H,7,10-11,21H2,1H3. The lowest BCUT2D eigenvalue weighted by Crippen LogP contribution is -2.46. The van der Waals surface area contributed by atoms with Crippen LogP contribution in [-0.2, 0) is 0 Å². The maximum Gasteiger partial charge on any atom is 0.149 e. The molecule has 1 aliphatic heterocycles. The van der Waals surface area contributed by atoms with Gasteiger partial charge in [-0.25, -0.2) is 8.78 Å². The second kappa shape index (κ2) is 6.54. The summed E-state index contributed by atoms with van der Waals surface area (Å²) in [6.07, 6.45) is 0.826. The molecule has 3 nitrogen and oxygen atoms in total. The first kappa shape index (κ1) is 15.7. The van der Waals surface area contributed by atoms with E-state index in [4.69, 9.17) is 10.5 Å². The summed E-state index contributed by atoms with van der Waals surface area (Å²) in [6.45, 7) is 1.20. The Bertz CT molecular complexity index is 692. The lowest BCUT2D eigenvalue weighted by atomic mass is 9.88. The van der Waals surface area contributed by atoms with Gasteiger partial charge in [0.05, 0.1) is 12.8 Å². The van der Waals surface area contributed by atoms with Gasteiger partial charge in [-0.15, -0.1) is 0 Å². The summed E-state index contributed by atoms with van der Waals surface area (Å²) in [4.78, 5) is 1.90. The second-order valence-corrected chi connectivity index (χ2v) is 5.97. The number of ether oxygens (including phenoxy) is 1. The number of piperidine rings is 1. The minimum absolute atomic E-state index is 0.0654. The summed E-state index contributed by atoms with van der Waals surface area (Å²) in [7, 11) is 1.63. The zero-order chi connectivity index (χ0) is 16.4. The number of halogens is 2. The van der Waals surface area contributed by atoms with E-state index in [-0.39, 0.29) is 12.0 Å². The monoisotopic (exact) mass is 318 g/mol. The molecule has 2 atom stereocenters. The summed E-state index contributed by atoms with van der Waals surface area (Å²) in [5, 5.41) is 0. The molecule has 0 saturated carbocycles. The normalized spacial score (nSPS) is 21.3. The average molecular weight is 318 g/mol. The van der Waals surface area contributed by atoms with Gasteiger partial charge in [-0.2, -0.15) is 0 Å². The van der Waals surface area contributed by atoms with E-state index >= 15 is 0 Å². The maximum atomic E-state index is 14.1. The molecule has 1 saturated heterocycles. The highest BCUT2D eigenvalue weighted by Gasteiger charge is 2.28. The number of rotatable bonds is 3. The van der Waals surface area contributed by atoms with Gasteiger partial charge in [0.2, 0.25) is 0 Å². The van der Waals surface area contributed by atoms with Crippen LogP contribution in [0.2, 0.25) is 0 Å². The van der Waals surface area contributed by atoms with Crippen LogP contribution in [0.3, 0.4) is 0 Å². The Hall–Kier alpha value is -2.14. The molecule has 0 amide bonds. The van der Waals surface area contributed by atoms with Crippen molar-refractivity contribution in [3.05, 3.63) is 59.7 Å². The number of hydrogen-bond acceptors (Lipinski definition) is 3. The summed E-state index contributed by atoms with van der Waals surface area (Å²) < 4.78 is 32.5. The Labute approximate surface area is 134 Å². The van der Waals surface area contributed by atoms with Crippen LogP contribution < -0.4 is 15.4 Å². The molecule has 1 aliphatic rings. The molecule has 2 unspecified atom stereocenters. The second-order valence-electron chi connectivity index (χ2n) is 5.97. The highest BCUT2D eigenvalue weighted by molar-refractivity contribution is 5.49. The predicted octanol–water partition coefficient (Wildman–Crippen LogP) is 3.29. The first-order valence-electron chi connectivity index (χ1n) is 7.66. The van der Waals surface area contributed by atoms with Crippen molar-refractivity contribution in [2.75, 3.05) is 25.1 Å². The van der Waals surface area contributed by atoms with Crippen LogP contribution in [0.5, 0.6) is 5.75 Å². The van der Waals surface area contributed by atoms with Crippen molar-refractivity contribution < 1.29 is 13.5 Å². The van der Waals surface area contributed by atoms with Crippen LogP contribution >= 0.6 is 0 Å². The van der Waals surface area contributed by atoms with Gasteiger partial charge in [0.1, 0.15) is 17.4 Å². The number of nitrogens with two attached hydrogens (primary N) is 1. The van der Waals surface area contributed by atoms with Gasteiger partial charge < -0.3 is 15.4 Å². The van der Waals surface area contributed by atoms with E-state index in [1.165, 1.54) is 12.1 Å². The zero-order valence-electron chi connectivity index (χ0n) is 13.0. The summed E-state index contributed by atoms with van der Waals surface area (Å²) in [5.74, 6) is -0.153. The fourth-order valence-corrected chi connectivity index (χ4v) is 3.21. The highest BCUT2D eigenvalue weighted by atomic mass is 19.1. The van der Waals surface area contributed by atoms with Gasteiger partial charge in [-0.05, 0) is 36.2 Å². The van der Waals surface area contributed by atoms with Crippen molar-refractivity contribution in [2.24, 2.45) is 5.73 Å². The van der Waals surface area contributed by atoms with Crippen LogP contribution in [-0.4, -0.2) is 26.2 Å². The van der Waals surface area contributed by atoms with Crippen molar-refractivity contribution in [3.63, 3.8) is 0 Å². The Morgan fingerprint density at radius 1 is 1.13 bits per heavy atom. The maximum absolute atomic E-state index is 14.1. The SMILES string of the molecule is COc1cccc(C2CC(N)CN(c3ccc(F)cc3F)C2)c1. The molecule has 0 spiro atoms. The number of benzene rings is 2. The van der Waals surface area contributed by atoms with Crippen molar-refractivity contribution in [1.82, 2.24) is 0 Å². The van der Waals surface area contributed by atoms with Gasteiger partial charge in [-0.1, -0.05) is 12.1 Å². The minimum atomic E-state index is -0.572. The molecule has 1 fully saturated rings. The molecule has 122 valence electrons. The predicted molar refractivity (Wildman–Crippen MR) is 86.9 cm³/mol. The van der Waals surface area contributed by atoms with E-state index in [0.29, 0.717) is 18.8 Å². The van der Waals surface area contributed by atoms with E-state index < -0.39 is 11.6 Å². The first-order valence-corrected chi connectivity index (χ1v) is 7.66. The fourth-order valence-electron chi connectivity index (χ4n) is 3.21. The molecule has 2 aromatic carbocycles. The van der Waals surface area contributed by atoms with E-state index in [1.54, 1.807) is 7.11 Å². The third-order valence-corrected chi connectivity index (χ3v) is 4.30. The average Bonchev–Trinajstić information content (AvgIpc) is 2.54. The summed E-state index contributed by atoms with van der Waals surface area (Å²) >= 11 is 0. The quantitative estimate of drug-likeness (QED) is 0.944. The lowest BCUT2D eigenvalue weighted by Gasteiger charge is -2.38. The molecule has 0 aromatic heterocycles. The highest BCUT2D eigenvalue weighted by Crippen LogP contribution is 2.32. The van der Waals surface area contributed by atoms with Crippen LogP contribution in [0.4, 0.5) is 14.5 Å². The van der Waals surface area contributed by atoms with Crippen LogP contribution in [0.1, 0.15) is 17.9 Å². The summed E-state index contributed by atoms with van der Waals surface area (Å²) in [6, 6.07) is 11.5. The summed E-state index contributed by atoms with van der Waals surface area (Å²) in [5.41, 5.74) is 7.69. The molecule has 23 heavy (non-hydrogen) atoms. The van der Waals surface area contributed by atoms with Crippen molar-refractivity contribution in [2.45, 2.75) is 18.4 Å². The van der Waals surface area contributed by atoms with Crippen LogP contribution in [0.25, 0.3) is 0 Å². The fraction of sp³-hybridized carbons (Fsp3) is 0.333. The number of hydrogen-bond donors (Lipinski definition) is 1. The Kier molecular flexibility index (Phi) is 4.48. The Morgan fingerprint density at radius 2 is 1.96 bits per heavy atom. The molecule has 5 heteroatoms. The van der Waals surface area contributed by atoms with Gasteiger partial charge in [0.15, 0.2) is 0 Å². The van der Waals surface area contributed by atoms with E-state index in [2.05, 4.69) is 0 Å².